The number of hydrogen-bond donors (Lipinski definition) is 3. The van der Waals surface area contributed by atoms with E-state index in [0.29, 0.717) is 22.7 Å². The summed E-state index contributed by atoms with van der Waals surface area (Å²) in [4.78, 5) is 12.1. The Labute approximate surface area is 144 Å². The second kappa shape index (κ2) is 7.31. The molecule has 7 nitrogen and oxygen atoms in total. The molecule has 3 aromatic rings. The molecule has 1 heterocycles. The van der Waals surface area contributed by atoms with E-state index < -0.39 is 5.91 Å². The molecule has 25 heavy (non-hydrogen) atoms. The summed E-state index contributed by atoms with van der Waals surface area (Å²) in [6.07, 6.45) is 1.45. The Bertz CT molecular complexity index is 904. The smallest absolute Gasteiger partial charge is 0.289 e. The Kier molecular flexibility index (Phi) is 4.75. The molecule has 2 aromatic carbocycles. The third-order valence-corrected chi connectivity index (χ3v) is 3.48. The molecule has 0 saturated carbocycles. The number of amides is 1. The first kappa shape index (κ1) is 16.3. The molecule has 1 aromatic heterocycles. The average Bonchev–Trinajstić information content (AvgIpc) is 3.14. The van der Waals surface area contributed by atoms with Crippen molar-refractivity contribution in [3.05, 3.63) is 65.9 Å². The first-order chi connectivity index (χ1) is 12.2. The molecular formula is C18H16N4O3. The van der Waals surface area contributed by atoms with Gasteiger partial charge in [-0.25, -0.2) is 5.43 Å². The zero-order valence-electron chi connectivity index (χ0n) is 13.4. The highest BCUT2D eigenvalue weighted by atomic mass is 16.5. The van der Waals surface area contributed by atoms with Crippen molar-refractivity contribution in [2.75, 3.05) is 7.11 Å². The van der Waals surface area contributed by atoms with Crippen molar-refractivity contribution in [3.8, 4) is 22.8 Å². The van der Waals surface area contributed by atoms with Crippen molar-refractivity contribution in [1.82, 2.24) is 15.6 Å². The van der Waals surface area contributed by atoms with Crippen LogP contribution in [0.5, 0.6) is 11.5 Å². The van der Waals surface area contributed by atoms with Crippen LogP contribution in [0.4, 0.5) is 0 Å². The van der Waals surface area contributed by atoms with Crippen LogP contribution in [0.1, 0.15) is 16.1 Å². The first-order valence-corrected chi connectivity index (χ1v) is 7.48. The summed E-state index contributed by atoms with van der Waals surface area (Å²) in [6, 6.07) is 15.9. The molecule has 0 bridgehead atoms. The van der Waals surface area contributed by atoms with Crippen molar-refractivity contribution in [2.45, 2.75) is 0 Å². The van der Waals surface area contributed by atoms with Gasteiger partial charge in [0, 0.05) is 5.56 Å². The summed E-state index contributed by atoms with van der Waals surface area (Å²) in [5.41, 5.74) is 4.99. The average molecular weight is 336 g/mol. The quantitative estimate of drug-likeness (QED) is 0.492. The van der Waals surface area contributed by atoms with Gasteiger partial charge in [0.15, 0.2) is 11.5 Å². The predicted octanol–water partition coefficient (Wildman–Crippen LogP) is 2.55. The van der Waals surface area contributed by atoms with Gasteiger partial charge in [0.05, 0.1) is 19.0 Å². The van der Waals surface area contributed by atoms with Gasteiger partial charge in [-0.05, 0) is 29.8 Å². The molecular weight excluding hydrogens is 320 g/mol. The standard InChI is InChI=1S/C18H16N4O3/c1-25-17-9-12(7-8-16(17)23)11-19-22-18(24)15-10-14(20-21-15)13-5-3-2-4-6-13/h2-11,23H,1H3,(H,20,21)(H,22,24)/b19-11-. The molecule has 0 fully saturated rings. The Balaban J connectivity index is 1.66. The number of aromatic hydroxyl groups is 1. The van der Waals surface area contributed by atoms with Crippen LogP contribution >= 0.6 is 0 Å². The van der Waals surface area contributed by atoms with Gasteiger partial charge in [-0.1, -0.05) is 30.3 Å². The number of hydrogen-bond acceptors (Lipinski definition) is 5. The molecule has 0 saturated heterocycles. The fraction of sp³-hybridized carbons (Fsp3) is 0.0556. The number of benzene rings is 2. The third-order valence-electron chi connectivity index (χ3n) is 3.48. The number of ether oxygens (including phenoxy) is 1. The molecule has 0 aliphatic rings. The molecule has 0 aliphatic carbocycles. The van der Waals surface area contributed by atoms with Crippen molar-refractivity contribution < 1.29 is 14.6 Å². The second-order valence-electron chi connectivity index (χ2n) is 5.16. The predicted molar refractivity (Wildman–Crippen MR) is 93.7 cm³/mol. The number of aromatic nitrogens is 2. The highest BCUT2D eigenvalue weighted by Gasteiger charge is 2.10. The minimum atomic E-state index is -0.406. The van der Waals surface area contributed by atoms with E-state index in [1.807, 2.05) is 30.3 Å². The number of phenolic OH excluding ortho intramolecular Hbond substituents is 1. The highest BCUT2D eigenvalue weighted by Crippen LogP contribution is 2.25. The number of carbonyl (C=O) groups is 1. The number of carbonyl (C=O) groups excluding carboxylic acids is 1. The van der Waals surface area contributed by atoms with Crippen molar-refractivity contribution in [1.29, 1.82) is 0 Å². The Morgan fingerprint density at radius 3 is 2.80 bits per heavy atom. The van der Waals surface area contributed by atoms with Gasteiger partial charge < -0.3 is 9.84 Å². The van der Waals surface area contributed by atoms with Crippen LogP contribution in [-0.2, 0) is 0 Å². The highest BCUT2D eigenvalue weighted by molar-refractivity contribution is 5.94. The number of rotatable bonds is 5. The van der Waals surface area contributed by atoms with E-state index in [-0.39, 0.29) is 5.75 Å². The van der Waals surface area contributed by atoms with E-state index in [9.17, 15) is 9.90 Å². The van der Waals surface area contributed by atoms with Crippen LogP contribution in [0, 0.1) is 0 Å². The fourth-order valence-corrected chi connectivity index (χ4v) is 2.20. The monoisotopic (exact) mass is 336 g/mol. The van der Waals surface area contributed by atoms with Crippen LogP contribution in [0.15, 0.2) is 59.7 Å². The van der Waals surface area contributed by atoms with Crippen LogP contribution < -0.4 is 10.2 Å². The Hall–Kier alpha value is -3.61. The topological polar surface area (TPSA) is 99.6 Å². The fourth-order valence-electron chi connectivity index (χ4n) is 2.20. The Morgan fingerprint density at radius 1 is 1.24 bits per heavy atom. The van der Waals surface area contributed by atoms with Gasteiger partial charge in [-0.3, -0.25) is 9.89 Å². The number of aromatic amines is 1. The minimum absolute atomic E-state index is 0.0367. The zero-order chi connectivity index (χ0) is 17.6. The van der Waals surface area contributed by atoms with E-state index in [1.165, 1.54) is 19.4 Å². The van der Waals surface area contributed by atoms with Crippen LogP contribution in [-0.4, -0.2) is 34.5 Å². The molecule has 0 atom stereocenters. The van der Waals surface area contributed by atoms with Gasteiger partial charge in [-0.2, -0.15) is 10.2 Å². The number of H-pyrrole nitrogens is 1. The first-order valence-electron chi connectivity index (χ1n) is 7.48. The van der Waals surface area contributed by atoms with Crippen molar-refractivity contribution >= 4 is 12.1 Å². The molecule has 0 aliphatic heterocycles. The molecule has 0 radical (unpaired) electrons. The summed E-state index contributed by atoms with van der Waals surface area (Å²) in [5.74, 6) is -0.0393. The van der Waals surface area contributed by atoms with Crippen LogP contribution in [0.3, 0.4) is 0 Å². The molecule has 126 valence electrons. The lowest BCUT2D eigenvalue weighted by Crippen LogP contribution is -2.18. The second-order valence-corrected chi connectivity index (χ2v) is 5.16. The van der Waals surface area contributed by atoms with Gasteiger partial charge in [0.25, 0.3) is 5.91 Å². The summed E-state index contributed by atoms with van der Waals surface area (Å²) in [7, 11) is 1.46. The van der Waals surface area contributed by atoms with Gasteiger partial charge >= 0.3 is 0 Å². The summed E-state index contributed by atoms with van der Waals surface area (Å²) < 4.78 is 5.01. The van der Waals surface area contributed by atoms with E-state index in [4.69, 9.17) is 4.74 Å². The third kappa shape index (κ3) is 3.84. The maximum absolute atomic E-state index is 12.1. The SMILES string of the molecule is COc1cc(/C=N\NC(=O)c2cc(-c3ccccc3)n[nH]2)ccc1O. The maximum atomic E-state index is 12.1. The molecule has 1 amide bonds. The van der Waals surface area contributed by atoms with Gasteiger partial charge in [0.1, 0.15) is 5.69 Å². The molecule has 3 rings (SSSR count). The van der Waals surface area contributed by atoms with Gasteiger partial charge in [-0.15, -0.1) is 0 Å². The summed E-state index contributed by atoms with van der Waals surface area (Å²) in [6.45, 7) is 0. The van der Waals surface area contributed by atoms with E-state index >= 15 is 0 Å². The lowest BCUT2D eigenvalue weighted by molar-refractivity contribution is 0.0950. The maximum Gasteiger partial charge on any atom is 0.289 e. The largest absolute Gasteiger partial charge is 0.504 e. The summed E-state index contributed by atoms with van der Waals surface area (Å²) >= 11 is 0. The molecule has 7 heteroatoms. The lowest BCUT2D eigenvalue weighted by Gasteiger charge is -2.03. The minimum Gasteiger partial charge on any atom is -0.504 e. The zero-order valence-corrected chi connectivity index (χ0v) is 13.4. The van der Waals surface area contributed by atoms with Gasteiger partial charge in [0.2, 0.25) is 0 Å². The van der Waals surface area contributed by atoms with E-state index in [0.717, 1.165) is 5.56 Å². The normalized spacial score (nSPS) is 10.8. The number of nitrogens with one attached hydrogen (secondary N) is 2. The van der Waals surface area contributed by atoms with E-state index in [2.05, 4.69) is 20.7 Å². The van der Waals surface area contributed by atoms with Crippen molar-refractivity contribution in [2.24, 2.45) is 5.10 Å². The number of methoxy groups -OCH3 is 1. The van der Waals surface area contributed by atoms with E-state index in [1.54, 1.807) is 18.2 Å². The number of nitrogens with zero attached hydrogens (tertiary/aromatic N) is 2. The van der Waals surface area contributed by atoms with Crippen LogP contribution in [0.25, 0.3) is 11.3 Å². The van der Waals surface area contributed by atoms with Crippen molar-refractivity contribution in [3.63, 3.8) is 0 Å². The number of phenols is 1. The Morgan fingerprint density at radius 2 is 2.04 bits per heavy atom. The lowest BCUT2D eigenvalue weighted by atomic mass is 10.1. The number of hydrazone groups is 1. The molecule has 0 unspecified atom stereocenters. The molecule has 0 spiro atoms. The molecule has 3 N–H and O–H groups in total. The van der Waals surface area contributed by atoms with Crippen LogP contribution in [0.2, 0.25) is 0 Å². The summed E-state index contributed by atoms with van der Waals surface area (Å²) in [5, 5.41) is 20.3.